The van der Waals surface area contributed by atoms with Crippen LogP contribution in [-0.4, -0.2) is 18.1 Å². The van der Waals surface area contributed by atoms with Gasteiger partial charge in [0.15, 0.2) is 0 Å². The van der Waals surface area contributed by atoms with Crippen LogP contribution in [0.3, 0.4) is 0 Å². The van der Waals surface area contributed by atoms with Crippen LogP contribution in [0.4, 0.5) is 8.78 Å². The Morgan fingerprint density at radius 2 is 1.71 bits per heavy atom. The maximum atomic E-state index is 13.3. The van der Waals surface area contributed by atoms with E-state index in [4.69, 9.17) is 0 Å². The Hall–Kier alpha value is -1.03. The molecule has 2 rings (SSSR count). The fourth-order valence-electron chi connectivity index (χ4n) is 1.92. The molecule has 0 radical (unpaired) electrons. The number of halogens is 2. The summed E-state index contributed by atoms with van der Waals surface area (Å²) in [6.45, 7) is 1.65. The Bertz CT molecular complexity index is 302. The van der Waals surface area contributed by atoms with Crippen LogP contribution < -0.4 is 5.32 Å². The molecule has 1 aromatic heterocycles. The van der Waals surface area contributed by atoms with Gasteiger partial charge in [-0.05, 0) is 31.8 Å². The summed E-state index contributed by atoms with van der Waals surface area (Å²) >= 11 is 0. The molecule has 1 aliphatic heterocycles. The van der Waals surface area contributed by atoms with Crippen LogP contribution in [-0.2, 0) is 0 Å². The molecular weight excluding hydrogens is 186 g/mol. The van der Waals surface area contributed by atoms with Gasteiger partial charge in [-0.25, -0.2) is 8.78 Å². The monoisotopic (exact) mass is 198 g/mol. The maximum Gasteiger partial charge on any atom is 0.147 e. The van der Waals surface area contributed by atoms with Gasteiger partial charge in [0.05, 0.1) is 12.4 Å². The molecule has 1 aromatic rings. The Labute approximate surface area is 81.4 Å². The van der Waals surface area contributed by atoms with Gasteiger partial charge in [0.1, 0.15) is 11.6 Å². The number of rotatable bonds is 1. The highest BCUT2D eigenvalue weighted by atomic mass is 19.1. The number of nitrogens with one attached hydrogen (secondary N) is 1. The second-order valence-electron chi connectivity index (χ2n) is 3.54. The number of hydrogen-bond acceptors (Lipinski definition) is 2. The van der Waals surface area contributed by atoms with Gasteiger partial charge in [-0.2, -0.15) is 0 Å². The van der Waals surface area contributed by atoms with E-state index in [0.29, 0.717) is 0 Å². The molecule has 1 aliphatic rings. The Kier molecular flexibility index (Phi) is 2.72. The molecule has 1 N–H and O–H groups in total. The van der Waals surface area contributed by atoms with E-state index in [2.05, 4.69) is 10.3 Å². The highest BCUT2D eigenvalue weighted by Crippen LogP contribution is 2.28. The van der Waals surface area contributed by atoms with Gasteiger partial charge >= 0.3 is 0 Å². The van der Waals surface area contributed by atoms with Crippen molar-refractivity contribution in [2.45, 2.75) is 18.8 Å². The molecule has 0 bridgehead atoms. The van der Waals surface area contributed by atoms with Gasteiger partial charge in [-0.1, -0.05) is 0 Å². The van der Waals surface area contributed by atoms with Crippen LogP contribution in [0.5, 0.6) is 0 Å². The number of aromatic nitrogens is 1. The predicted molar refractivity (Wildman–Crippen MR) is 49.0 cm³/mol. The van der Waals surface area contributed by atoms with Crippen molar-refractivity contribution in [1.29, 1.82) is 0 Å². The van der Waals surface area contributed by atoms with E-state index in [9.17, 15) is 8.78 Å². The molecule has 0 unspecified atom stereocenters. The molecule has 4 heteroatoms. The van der Waals surface area contributed by atoms with E-state index in [1.807, 2.05) is 0 Å². The Morgan fingerprint density at radius 3 is 2.29 bits per heavy atom. The van der Waals surface area contributed by atoms with Gasteiger partial charge in [-0.3, -0.25) is 4.98 Å². The molecule has 1 fully saturated rings. The second-order valence-corrected chi connectivity index (χ2v) is 3.54. The third kappa shape index (κ3) is 1.75. The van der Waals surface area contributed by atoms with Crippen molar-refractivity contribution in [2.24, 2.45) is 0 Å². The van der Waals surface area contributed by atoms with Gasteiger partial charge in [-0.15, -0.1) is 0 Å². The Balaban J connectivity index is 2.29. The van der Waals surface area contributed by atoms with Crippen LogP contribution >= 0.6 is 0 Å². The zero-order valence-electron chi connectivity index (χ0n) is 7.76. The fraction of sp³-hybridized carbons (Fsp3) is 0.500. The van der Waals surface area contributed by atoms with Gasteiger partial charge < -0.3 is 5.32 Å². The second kappa shape index (κ2) is 4.00. The first kappa shape index (κ1) is 9.52. The molecule has 0 spiro atoms. The summed E-state index contributed by atoms with van der Waals surface area (Å²) in [6, 6.07) is 0. The quantitative estimate of drug-likeness (QED) is 0.744. The molecule has 1 saturated heterocycles. The Morgan fingerprint density at radius 1 is 1.14 bits per heavy atom. The lowest BCUT2D eigenvalue weighted by Crippen LogP contribution is -2.27. The summed E-state index contributed by atoms with van der Waals surface area (Å²) in [5, 5.41) is 3.16. The van der Waals surface area contributed by atoms with Gasteiger partial charge in [0.2, 0.25) is 0 Å². The van der Waals surface area contributed by atoms with Crippen LogP contribution in [0, 0.1) is 11.6 Å². The van der Waals surface area contributed by atoms with Crippen LogP contribution in [0.2, 0.25) is 0 Å². The van der Waals surface area contributed by atoms with E-state index in [1.165, 1.54) is 0 Å². The number of nitrogens with zero attached hydrogens (tertiary/aromatic N) is 1. The largest absolute Gasteiger partial charge is 0.317 e. The summed E-state index contributed by atoms with van der Waals surface area (Å²) < 4.78 is 26.6. The van der Waals surface area contributed by atoms with Crippen LogP contribution in [0.15, 0.2) is 12.4 Å². The van der Waals surface area contributed by atoms with Crippen molar-refractivity contribution in [1.82, 2.24) is 10.3 Å². The van der Waals surface area contributed by atoms with Crippen LogP contribution in [0.25, 0.3) is 0 Å². The molecule has 0 aromatic carbocycles. The molecular formula is C10H12F2N2. The lowest BCUT2D eigenvalue weighted by atomic mass is 9.90. The maximum absolute atomic E-state index is 13.3. The zero-order valence-corrected chi connectivity index (χ0v) is 7.76. The highest BCUT2D eigenvalue weighted by molar-refractivity contribution is 5.20. The third-order valence-corrected chi connectivity index (χ3v) is 2.64. The molecule has 14 heavy (non-hydrogen) atoms. The number of hydrogen-bond donors (Lipinski definition) is 1. The minimum Gasteiger partial charge on any atom is -0.317 e. The highest BCUT2D eigenvalue weighted by Gasteiger charge is 2.22. The van der Waals surface area contributed by atoms with Crippen molar-refractivity contribution in [2.75, 3.05) is 13.1 Å². The van der Waals surface area contributed by atoms with Crippen LogP contribution in [0.1, 0.15) is 24.3 Å². The first-order valence-corrected chi connectivity index (χ1v) is 4.78. The van der Waals surface area contributed by atoms with Crippen molar-refractivity contribution >= 4 is 0 Å². The fourth-order valence-corrected chi connectivity index (χ4v) is 1.92. The van der Waals surface area contributed by atoms with Crippen molar-refractivity contribution in [3.63, 3.8) is 0 Å². The average Bonchev–Trinajstić information content (AvgIpc) is 2.19. The number of pyridine rings is 1. The van der Waals surface area contributed by atoms with Crippen molar-refractivity contribution < 1.29 is 8.78 Å². The molecule has 2 nitrogen and oxygen atoms in total. The van der Waals surface area contributed by atoms with Crippen molar-refractivity contribution in [3.05, 3.63) is 29.6 Å². The summed E-state index contributed by atoms with van der Waals surface area (Å²) in [5.74, 6) is -1.03. The minimum absolute atomic E-state index is 0.000694. The molecule has 0 amide bonds. The smallest absolute Gasteiger partial charge is 0.147 e. The average molecular weight is 198 g/mol. The molecule has 76 valence electrons. The van der Waals surface area contributed by atoms with E-state index in [1.54, 1.807) is 0 Å². The zero-order chi connectivity index (χ0) is 9.97. The lowest BCUT2D eigenvalue weighted by Gasteiger charge is -2.23. The van der Waals surface area contributed by atoms with E-state index < -0.39 is 11.6 Å². The normalized spacial score (nSPS) is 18.4. The van der Waals surface area contributed by atoms with E-state index >= 15 is 0 Å². The van der Waals surface area contributed by atoms with E-state index in [0.717, 1.165) is 38.3 Å². The minimum atomic E-state index is -0.517. The first-order chi connectivity index (χ1) is 6.79. The molecule has 2 heterocycles. The summed E-state index contributed by atoms with van der Waals surface area (Å²) in [5.41, 5.74) is 0.210. The lowest BCUT2D eigenvalue weighted by molar-refractivity contribution is 0.424. The summed E-state index contributed by atoms with van der Waals surface area (Å²) in [7, 11) is 0. The summed E-state index contributed by atoms with van der Waals surface area (Å²) in [4.78, 5) is 3.47. The van der Waals surface area contributed by atoms with Gasteiger partial charge in [0, 0.05) is 5.56 Å². The topological polar surface area (TPSA) is 24.9 Å². The van der Waals surface area contributed by atoms with E-state index in [-0.39, 0.29) is 11.5 Å². The van der Waals surface area contributed by atoms with Gasteiger partial charge in [0.25, 0.3) is 0 Å². The molecule has 0 atom stereocenters. The standard InChI is InChI=1S/C10H12F2N2/c11-8-5-14-6-9(12)10(8)7-1-3-13-4-2-7/h5-7,13H,1-4H2. The summed E-state index contributed by atoms with van der Waals surface area (Å²) in [6.07, 6.45) is 3.75. The third-order valence-electron chi connectivity index (χ3n) is 2.64. The number of piperidine rings is 1. The first-order valence-electron chi connectivity index (χ1n) is 4.78. The predicted octanol–water partition coefficient (Wildman–Crippen LogP) is 1.83. The molecule has 0 saturated carbocycles. The SMILES string of the molecule is Fc1cncc(F)c1C1CCNCC1. The molecule has 0 aliphatic carbocycles. The van der Waals surface area contributed by atoms with Crippen molar-refractivity contribution in [3.8, 4) is 0 Å².